The van der Waals surface area contributed by atoms with E-state index in [9.17, 15) is 0 Å². The van der Waals surface area contributed by atoms with Gasteiger partial charge in [-0.3, -0.25) is 4.99 Å². The van der Waals surface area contributed by atoms with Crippen LogP contribution in [0.5, 0.6) is 0 Å². The topological polar surface area (TPSA) is 38.4 Å². The van der Waals surface area contributed by atoms with Crippen LogP contribution in [0.4, 0.5) is 0 Å². The Hall–Kier alpha value is -0.350. The van der Waals surface area contributed by atoms with Crippen molar-refractivity contribution in [2.75, 3.05) is 0 Å². The van der Waals surface area contributed by atoms with Crippen LogP contribution in [0.15, 0.2) is 20.2 Å². The molecule has 1 aromatic rings. The molecular weight excluding hydrogens is 236 g/mol. The monoisotopic (exact) mass is 246 g/mol. The van der Waals surface area contributed by atoms with Gasteiger partial charge in [0.2, 0.25) is 0 Å². The maximum atomic E-state index is 5.57. The van der Waals surface area contributed by atoms with Gasteiger partial charge in [-0.05, 0) is 32.9 Å². The van der Waals surface area contributed by atoms with Gasteiger partial charge < -0.3 is 5.73 Å². The Balaban J connectivity index is 2.53. The molecule has 0 saturated heterocycles. The van der Waals surface area contributed by atoms with Crippen molar-refractivity contribution in [2.24, 2.45) is 10.7 Å². The van der Waals surface area contributed by atoms with Crippen molar-refractivity contribution in [1.29, 1.82) is 0 Å². The number of amidine groups is 1. The number of rotatable bonds is 3. The molecule has 1 heterocycles. The van der Waals surface area contributed by atoms with Crippen molar-refractivity contribution >= 4 is 33.1 Å². The third kappa shape index (κ3) is 2.95. The summed E-state index contributed by atoms with van der Waals surface area (Å²) in [5.74, 6) is 0.720. The molecule has 0 amide bonds. The number of nitrogens with two attached hydrogens (primary N) is 1. The molecule has 0 fully saturated rings. The lowest BCUT2D eigenvalue weighted by atomic mass is 10.3. The van der Waals surface area contributed by atoms with Gasteiger partial charge in [0.15, 0.2) is 0 Å². The van der Waals surface area contributed by atoms with E-state index in [0.717, 1.165) is 16.0 Å². The predicted molar refractivity (Wildman–Crippen MR) is 57.6 cm³/mol. The van der Waals surface area contributed by atoms with Crippen molar-refractivity contribution < 1.29 is 0 Å². The highest BCUT2D eigenvalue weighted by Gasteiger charge is 1.95. The van der Waals surface area contributed by atoms with E-state index in [0.29, 0.717) is 6.54 Å². The standard InChI is InChI=1S/C8H11BrN2S/c1-2-8(10)11-4-6-3-7(9)12-5-6/h3,5H,2,4H2,1H3,(H2,10,11). The first-order chi connectivity index (χ1) is 5.72. The summed E-state index contributed by atoms with van der Waals surface area (Å²) in [6, 6.07) is 2.07. The zero-order valence-corrected chi connectivity index (χ0v) is 9.28. The second-order valence-electron chi connectivity index (χ2n) is 2.42. The van der Waals surface area contributed by atoms with Crippen LogP contribution in [-0.4, -0.2) is 5.84 Å². The molecule has 0 bridgehead atoms. The van der Waals surface area contributed by atoms with Gasteiger partial charge in [-0.1, -0.05) is 6.92 Å². The highest BCUT2D eigenvalue weighted by Crippen LogP contribution is 2.20. The third-order valence-corrected chi connectivity index (χ3v) is 3.00. The summed E-state index contributed by atoms with van der Waals surface area (Å²) in [6.07, 6.45) is 0.825. The average molecular weight is 247 g/mol. The fraction of sp³-hybridized carbons (Fsp3) is 0.375. The normalized spacial score (nSPS) is 12.0. The number of halogens is 1. The molecule has 0 saturated carbocycles. The second kappa shape index (κ2) is 4.62. The molecule has 66 valence electrons. The molecule has 0 aliphatic rings. The van der Waals surface area contributed by atoms with Crippen LogP contribution in [0, 0.1) is 0 Å². The highest BCUT2D eigenvalue weighted by atomic mass is 79.9. The van der Waals surface area contributed by atoms with E-state index < -0.39 is 0 Å². The molecule has 0 spiro atoms. The van der Waals surface area contributed by atoms with Crippen LogP contribution in [0.25, 0.3) is 0 Å². The van der Waals surface area contributed by atoms with Gasteiger partial charge in [0.1, 0.15) is 0 Å². The number of aliphatic imine (C=N–C) groups is 1. The minimum Gasteiger partial charge on any atom is -0.387 e. The van der Waals surface area contributed by atoms with Gasteiger partial charge in [-0.15, -0.1) is 11.3 Å². The van der Waals surface area contributed by atoms with E-state index >= 15 is 0 Å². The van der Waals surface area contributed by atoms with E-state index in [4.69, 9.17) is 5.73 Å². The molecule has 0 atom stereocenters. The molecule has 0 aliphatic carbocycles. The molecular formula is C8H11BrN2S. The fourth-order valence-corrected chi connectivity index (χ4v) is 1.93. The van der Waals surface area contributed by atoms with Crippen LogP contribution >= 0.6 is 27.3 Å². The Labute approximate surface area is 84.6 Å². The number of hydrogen-bond donors (Lipinski definition) is 1. The van der Waals surface area contributed by atoms with E-state index in [2.05, 4.69) is 32.4 Å². The lowest BCUT2D eigenvalue weighted by Crippen LogP contribution is -2.09. The first-order valence-corrected chi connectivity index (χ1v) is 5.41. The smallest absolute Gasteiger partial charge is 0.0938 e. The molecule has 0 aromatic carbocycles. The molecule has 2 nitrogen and oxygen atoms in total. The SMILES string of the molecule is CCC(N)=NCc1csc(Br)c1. The number of hydrogen-bond acceptors (Lipinski definition) is 2. The Bertz CT molecular complexity index is 280. The second-order valence-corrected chi connectivity index (χ2v) is 4.71. The quantitative estimate of drug-likeness (QED) is 0.647. The van der Waals surface area contributed by atoms with Gasteiger partial charge in [0.25, 0.3) is 0 Å². The molecule has 0 unspecified atom stereocenters. The molecule has 2 N–H and O–H groups in total. The molecule has 0 radical (unpaired) electrons. The zero-order chi connectivity index (χ0) is 8.97. The molecule has 1 aromatic heterocycles. The minimum absolute atomic E-state index is 0.696. The van der Waals surface area contributed by atoms with Gasteiger partial charge in [0, 0.05) is 6.42 Å². The first-order valence-electron chi connectivity index (χ1n) is 3.74. The van der Waals surface area contributed by atoms with Crippen LogP contribution < -0.4 is 5.73 Å². The van der Waals surface area contributed by atoms with Crippen molar-refractivity contribution in [3.8, 4) is 0 Å². The summed E-state index contributed by atoms with van der Waals surface area (Å²) in [4.78, 5) is 4.21. The molecule has 12 heavy (non-hydrogen) atoms. The van der Waals surface area contributed by atoms with Crippen molar-refractivity contribution in [2.45, 2.75) is 19.9 Å². The summed E-state index contributed by atoms with van der Waals surface area (Å²) < 4.78 is 1.14. The van der Waals surface area contributed by atoms with Crippen LogP contribution in [0.3, 0.4) is 0 Å². The third-order valence-electron chi connectivity index (χ3n) is 1.45. The van der Waals surface area contributed by atoms with Crippen molar-refractivity contribution in [3.05, 3.63) is 20.8 Å². The lowest BCUT2D eigenvalue weighted by molar-refractivity contribution is 1.05. The summed E-state index contributed by atoms with van der Waals surface area (Å²) in [7, 11) is 0. The maximum absolute atomic E-state index is 5.57. The Morgan fingerprint density at radius 3 is 3.00 bits per heavy atom. The first kappa shape index (κ1) is 9.74. The summed E-state index contributed by atoms with van der Waals surface area (Å²) >= 11 is 5.07. The number of thiophene rings is 1. The predicted octanol–water partition coefficient (Wildman–Crippen LogP) is 2.78. The zero-order valence-electron chi connectivity index (χ0n) is 6.88. The Morgan fingerprint density at radius 1 is 1.75 bits per heavy atom. The van der Waals surface area contributed by atoms with Crippen LogP contribution in [0.1, 0.15) is 18.9 Å². The largest absolute Gasteiger partial charge is 0.387 e. The average Bonchev–Trinajstić information content (AvgIpc) is 2.47. The van der Waals surface area contributed by atoms with Crippen LogP contribution in [0.2, 0.25) is 0 Å². The van der Waals surface area contributed by atoms with Crippen LogP contribution in [-0.2, 0) is 6.54 Å². The van der Waals surface area contributed by atoms with Gasteiger partial charge in [-0.25, -0.2) is 0 Å². The van der Waals surface area contributed by atoms with E-state index in [1.807, 2.05) is 6.92 Å². The molecule has 1 rings (SSSR count). The van der Waals surface area contributed by atoms with Gasteiger partial charge in [0.05, 0.1) is 16.2 Å². The van der Waals surface area contributed by atoms with Gasteiger partial charge >= 0.3 is 0 Å². The Morgan fingerprint density at radius 2 is 2.50 bits per heavy atom. The molecule has 4 heteroatoms. The molecule has 0 aliphatic heterocycles. The summed E-state index contributed by atoms with van der Waals surface area (Å²) in [5.41, 5.74) is 6.78. The van der Waals surface area contributed by atoms with E-state index in [1.54, 1.807) is 11.3 Å². The van der Waals surface area contributed by atoms with Crippen molar-refractivity contribution in [3.63, 3.8) is 0 Å². The fourth-order valence-electron chi connectivity index (χ4n) is 0.733. The lowest BCUT2D eigenvalue weighted by Gasteiger charge is -1.93. The summed E-state index contributed by atoms with van der Waals surface area (Å²) in [5, 5.41) is 2.08. The van der Waals surface area contributed by atoms with Crippen molar-refractivity contribution in [1.82, 2.24) is 0 Å². The van der Waals surface area contributed by atoms with Gasteiger partial charge in [-0.2, -0.15) is 0 Å². The maximum Gasteiger partial charge on any atom is 0.0938 e. The Kier molecular flexibility index (Phi) is 3.75. The number of nitrogens with zero attached hydrogens (tertiary/aromatic N) is 1. The summed E-state index contributed by atoms with van der Waals surface area (Å²) in [6.45, 7) is 2.70. The highest BCUT2D eigenvalue weighted by molar-refractivity contribution is 9.11. The van der Waals surface area contributed by atoms with E-state index in [-0.39, 0.29) is 0 Å². The minimum atomic E-state index is 0.696. The van der Waals surface area contributed by atoms with E-state index in [1.165, 1.54) is 5.56 Å².